The molecule has 0 aromatic carbocycles. The quantitative estimate of drug-likeness (QED) is 0.0151. The molecule has 15 heteroatoms. The van der Waals surface area contributed by atoms with Crippen LogP contribution in [0.4, 0.5) is 0 Å². The standard InChI is InChI=1S/C44H76NO13P/c1-3-5-7-8-9-10-11-12-13-14-15-16-17-18-23-27-42(47)53-32-36(33-54-59(51,52)55-34-39(45)44(49)50)56-43(48)28-24-20-19-22-26-37-38(41-31-40(37)57-58-41)30-29-35(46)25-21-6-4-2/h6,19,21-22,29-30,35-41,46H,3-5,7-18,20,23-28,31-34,45H2,1-2H3,(H,49,50)(H,51,52)/b21-6-,22-19-,30-29+. The maximum absolute atomic E-state index is 12.8. The molecule has 0 aromatic rings. The monoisotopic (exact) mass is 858 g/mol. The third-order valence-corrected chi connectivity index (χ3v) is 11.7. The van der Waals surface area contributed by atoms with E-state index in [4.69, 9.17) is 34.6 Å². The number of ether oxygens (including phenoxy) is 2. The Morgan fingerprint density at radius 1 is 0.763 bits per heavy atom. The number of phosphoric ester groups is 1. The molecular weight excluding hydrogens is 781 g/mol. The zero-order valence-electron chi connectivity index (χ0n) is 35.8. The maximum atomic E-state index is 12.8. The van der Waals surface area contributed by atoms with E-state index in [2.05, 4.69) is 17.5 Å². The van der Waals surface area contributed by atoms with E-state index >= 15 is 0 Å². The van der Waals surface area contributed by atoms with Crippen molar-refractivity contribution in [2.75, 3.05) is 19.8 Å². The molecule has 340 valence electrons. The summed E-state index contributed by atoms with van der Waals surface area (Å²) in [4.78, 5) is 57.2. The van der Waals surface area contributed by atoms with Gasteiger partial charge in [0.05, 0.1) is 25.4 Å². The van der Waals surface area contributed by atoms with Gasteiger partial charge in [-0.3, -0.25) is 23.4 Å². The van der Waals surface area contributed by atoms with Crippen LogP contribution in [-0.4, -0.2) is 83.3 Å². The highest BCUT2D eigenvalue weighted by atomic mass is 31.2. The van der Waals surface area contributed by atoms with Crippen molar-refractivity contribution in [3.63, 3.8) is 0 Å². The van der Waals surface area contributed by atoms with Crippen LogP contribution in [0.3, 0.4) is 0 Å². The van der Waals surface area contributed by atoms with Crippen LogP contribution in [0.15, 0.2) is 36.5 Å². The number of esters is 2. The number of aliphatic hydroxyl groups is 1. The number of aliphatic hydroxyl groups excluding tert-OH is 1. The van der Waals surface area contributed by atoms with Crippen molar-refractivity contribution in [2.24, 2.45) is 17.6 Å². The largest absolute Gasteiger partial charge is 0.480 e. The van der Waals surface area contributed by atoms with Crippen LogP contribution in [0, 0.1) is 11.8 Å². The fraction of sp³-hybridized carbons (Fsp3) is 0.795. The second-order valence-electron chi connectivity index (χ2n) is 15.9. The first kappa shape index (κ1) is 52.7. The van der Waals surface area contributed by atoms with Crippen LogP contribution in [0.1, 0.15) is 162 Å². The van der Waals surface area contributed by atoms with E-state index in [1.165, 1.54) is 70.6 Å². The van der Waals surface area contributed by atoms with E-state index in [1.54, 1.807) is 0 Å². The summed E-state index contributed by atoms with van der Waals surface area (Å²) in [6.45, 7) is 2.48. The number of rotatable bonds is 37. The third kappa shape index (κ3) is 25.2. The van der Waals surface area contributed by atoms with E-state index in [-0.39, 0.29) is 36.9 Å². The summed E-state index contributed by atoms with van der Waals surface area (Å²) in [5, 5.41) is 19.2. The lowest BCUT2D eigenvalue weighted by Crippen LogP contribution is -2.34. The van der Waals surface area contributed by atoms with Crippen molar-refractivity contribution in [3.8, 4) is 0 Å². The van der Waals surface area contributed by atoms with Crippen LogP contribution in [0.5, 0.6) is 0 Å². The van der Waals surface area contributed by atoms with E-state index in [1.807, 2.05) is 37.3 Å². The van der Waals surface area contributed by atoms with Gasteiger partial charge < -0.3 is 30.3 Å². The molecule has 0 spiro atoms. The lowest BCUT2D eigenvalue weighted by atomic mass is 9.89. The van der Waals surface area contributed by atoms with Crippen molar-refractivity contribution < 1.29 is 62.4 Å². The highest BCUT2D eigenvalue weighted by molar-refractivity contribution is 7.47. The number of nitrogens with two attached hydrogens (primary N) is 1. The molecule has 1 aliphatic heterocycles. The number of hydrogen-bond acceptors (Lipinski definition) is 12. The van der Waals surface area contributed by atoms with Gasteiger partial charge >= 0.3 is 25.7 Å². The molecule has 5 N–H and O–H groups in total. The Morgan fingerprint density at radius 2 is 1.36 bits per heavy atom. The summed E-state index contributed by atoms with van der Waals surface area (Å²) in [6, 6.07) is -1.55. The van der Waals surface area contributed by atoms with E-state index in [9.17, 15) is 28.9 Å². The minimum atomic E-state index is -4.76. The number of carbonyl (C=O) groups is 3. The Hall–Kier alpha value is -2.42. The molecule has 2 fully saturated rings. The molecule has 8 atom stereocenters. The van der Waals surface area contributed by atoms with Gasteiger partial charge in [-0.25, -0.2) is 14.3 Å². The molecule has 1 saturated heterocycles. The van der Waals surface area contributed by atoms with Crippen molar-refractivity contribution >= 4 is 25.7 Å². The molecule has 0 radical (unpaired) electrons. The van der Waals surface area contributed by atoms with Crippen LogP contribution < -0.4 is 5.73 Å². The molecule has 2 rings (SSSR count). The van der Waals surface area contributed by atoms with Gasteiger partial charge in [-0.2, -0.15) is 0 Å². The second kappa shape index (κ2) is 32.3. The molecule has 2 aliphatic rings. The number of fused-ring (bicyclic) bond motifs is 2. The summed E-state index contributed by atoms with van der Waals surface area (Å²) >= 11 is 0. The molecule has 8 unspecified atom stereocenters. The average molecular weight is 858 g/mol. The van der Waals surface area contributed by atoms with Gasteiger partial charge in [0.15, 0.2) is 6.10 Å². The first-order chi connectivity index (χ1) is 28.5. The normalized spacial score (nSPS) is 21.6. The van der Waals surface area contributed by atoms with E-state index < -0.39 is 63.8 Å². The Labute approximate surface area is 353 Å². The predicted molar refractivity (Wildman–Crippen MR) is 226 cm³/mol. The van der Waals surface area contributed by atoms with Crippen LogP contribution in [-0.2, 0) is 47.2 Å². The van der Waals surface area contributed by atoms with Crippen molar-refractivity contribution in [1.29, 1.82) is 0 Å². The Morgan fingerprint density at radius 3 is 1.98 bits per heavy atom. The van der Waals surface area contributed by atoms with Gasteiger partial charge in [0.2, 0.25) is 0 Å². The number of hydrogen-bond donors (Lipinski definition) is 4. The number of carbonyl (C=O) groups excluding carboxylic acids is 2. The minimum Gasteiger partial charge on any atom is -0.480 e. The molecule has 1 aliphatic carbocycles. The number of aliphatic carboxylic acids is 1. The third-order valence-electron chi connectivity index (χ3n) is 10.7. The van der Waals surface area contributed by atoms with E-state index in [0.29, 0.717) is 25.7 Å². The summed E-state index contributed by atoms with van der Waals surface area (Å²) in [7, 11) is -4.76. The lowest BCUT2D eigenvalue weighted by Gasteiger charge is -2.27. The Kier molecular flexibility index (Phi) is 28.9. The topological polar surface area (TPSA) is 210 Å². The van der Waals surface area contributed by atoms with Crippen LogP contribution in [0.2, 0.25) is 0 Å². The van der Waals surface area contributed by atoms with Gasteiger partial charge in [0, 0.05) is 31.1 Å². The minimum absolute atomic E-state index is 0.0164. The van der Waals surface area contributed by atoms with Gasteiger partial charge in [0.25, 0.3) is 0 Å². The Balaban J connectivity index is 1.72. The molecule has 0 amide bonds. The van der Waals surface area contributed by atoms with E-state index in [0.717, 1.165) is 38.5 Å². The average Bonchev–Trinajstić information content (AvgIpc) is 3.82. The molecule has 2 bridgehead atoms. The number of carboxylic acids is 1. The maximum Gasteiger partial charge on any atom is 0.472 e. The zero-order valence-corrected chi connectivity index (χ0v) is 36.7. The first-order valence-electron chi connectivity index (χ1n) is 22.4. The molecule has 59 heavy (non-hydrogen) atoms. The summed E-state index contributed by atoms with van der Waals surface area (Å²) < 4.78 is 32.8. The number of unbranched alkanes of at least 4 members (excludes halogenated alkanes) is 15. The van der Waals surface area contributed by atoms with Crippen LogP contribution in [0.25, 0.3) is 0 Å². The fourth-order valence-corrected chi connectivity index (χ4v) is 7.99. The predicted octanol–water partition coefficient (Wildman–Crippen LogP) is 8.97. The summed E-state index contributed by atoms with van der Waals surface area (Å²) in [5.74, 6) is -2.18. The lowest BCUT2D eigenvalue weighted by molar-refractivity contribution is -0.336. The van der Waals surface area contributed by atoms with Gasteiger partial charge in [-0.1, -0.05) is 140 Å². The number of carboxylic acid groups (broad SMARTS) is 1. The number of allylic oxidation sites excluding steroid dienone is 3. The molecule has 1 saturated carbocycles. The Bertz CT molecular complexity index is 1290. The van der Waals surface area contributed by atoms with Gasteiger partial charge in [-0.15, -0.1) is 0 Å². The van der Waals surface area contributed by atoms with Crippen molar-refractivity contribution in [1.82, 2.24) is 0 Å². The van der Waals surface area contributed by atoms with Gasteiger partial charge in [-0.05, 0) is 38.5 Å². The highest BCUT2D eigenvalue weighted by Gasteiger charge is 2.49. The molecule has 1 heterocycles. The summed E-state index contributed by atoms with van der Waals surface area (Å²) in [6.07, 6.45) is 32.6. The SMILES string of the molecule is CC/C=C\CC(O)/C=C/C1C2CC(OO2)C1C/C=C\CCCC(=O)OC(COC(=O)CCCCCCCCCCCCCCCCC)COP(=O)(O)OCC(N)C(=O)O. The van der Waals surface area contributed by atoms with Crippen molar-refractivity contribution in [3.05, 3.63) is 36.5 Å². The zero-order chi connectivity index (χ0) is 43.1. The molecule has 14 nitrogen and oxygen atoms in total. The molecular formula is C44H76NO13P. The first-order valence-corrected chi connectivity index (χ1v) is 23.9. The summed E-state index contributed by atoms with van der Waals surface area (Å²) in [5.41, 5.74) is 5.34. The van der Waals surface area contributed by atoms with Crippen molar-refractivity contribution in [2.45, 2.75) is 192 Å². The number of phosphoric acid groups is 1. The van der Waals surface area contributed by atoms with Crippen LogP contribution >= 0.6 is 7.82 Å². The smallest absolute Gasteiger partial charge is 0.472 e. The fourth-order valence-electron chi connectivity index (χ4n) is 7.21. The molecule has 0 aromatic heterocycles. The van der Waals surface area contributed by atoms with Gasteiger partial charge in [0.1, 0.15) is 18.8 Å². The highest BCUT2D eigenvalue weighted by Crippen LogP contribution is 2.45. The second-order valence-corrected chi connectivity index (χ2v) is 17.4.